The van der Waals surface area contributed by atoms with E-state index in [0.717, 1.165) is 6.92 Å². The highest BCUT2D eigenvalue weighted by atomic mass is 35.5. The number of nitrogens with zero attached hydrogens (tertiary/aromatic N) is 2. The second kappa shape index (κ2) is 8.17. The number of rotatable bonds is 2. The standard InChI is InChI=1S/C8H8Cl2N4O.C2H4O2/c9-6-1-4(15)2-7(10)5(6)3-13-14-8(11)12;1-2(3)4/h1-3,15H,(H4,11,12,14);1H3,(H,3,4)/b13-3-;. The lowest BCUT2D eigenvalue weighted by atomic mass is 10.2. The van der Waals surface area contributed by atoms with Crippen LogP contribution in [0.4, 0.5) is 0 Å². The Morgan fingerprint density at radius 3 is 2.11 bits per heavy atom. The van der Waals surface area contributed by atoms with Crippen molar-refractivity contribution >= 4 is 41.3 Å². The Labute approximate surface area is 119 Å². The predicted molar refractivity (Wildman–Crippen MR) is 74.8 cm³/mol. The number of phenols is 1. The number of guanidine groups is 1. The molecule has 0 aliphatic rings. The summed E-state index contributed by atoms with van der Waals surface area (Å²) in [4.78, 5) is 9.00. The number of hydrogen-bond acceptors (Lipinski definition) is 4. The van der Waals surface area contributed by atoms with Gasteiger partial charge in [-0.2, -0.15) is 5.10 Å². The molecular formula is C10H12Cl2N4O3. The molecule has 7 nitrogen and oxygen atoms in total. The highest BCUT2D eigenvalue weighted by molar-refractivity contribution is 6.38. The molecule has 19 heavy (non-hydrogen) atoms. The Bertz CT molecular complexity index is 486. The third-order valence-corrected chi connectivity index (χ3v) is 2.05. The smallest absolute Gasteiger partial charge is 0.300 e. The van der Waals surface area contributed by atoms with Crippen LogP contribution in [-0.4, -0.2) is 28.4 Å². The highest BCUT2D eigenvalue weighted by Gasteiger charge is 2.05. The molecule has 6 N–H and O–H groups in total. The van der Waals surface area contributed by atoms with E-state index >= 15 is 0 Å². The number of nitrogens with two attached hydrogens (primary N) is 2. The summed E-state index contributed by atoms with van der Waals surface area (Å²) in [5.74, 6) is -1.03. The lowest BCUT2D eigenvalue weighted by Crippen LogP contribution is -2.21. The molecule has 1 aromatic carbocycles. The van der Waals surface area contributed by atoms with Crippen LogP contribution in [0, 0.1) is 0 Å². The van der Waals surface area contributed by atoms with Crippen LogP contribution in [0.5, 0.6) is 5.75 Å². The zero-order valence-electron chi connectivity index (χ0n) is 9.84. The van der Waals surface area contributed by atoms with Crippen molar-refractivity contribution in [2.45, 2.75) is 6.92 Å². The van der Waals surface area contributed by atoms with Crippen molar-refractivity contribution < 1.29 is 15.0 Å². The molecule has 0 fully saturated rings. The van der Waals surface area contributed by atoms with Crippen molar-refractivity contribution in [3.8, 4) is 5.75 Å². The lowest BCUT2D eigenvalue weighted by molar-refractivity contribution is -0.134. The van der Waals surface area contributed by atoms with Crippen LogP contribution >= 0.6 is 23.2 Å². The quantitative estimate of drug-likeness (QED) is 0.372. The first-order chi connectivity index (χ1) is 8.73. The average Bonchev–Trinajstić information content (AvgIpc) is 2.20. The maximum absolute atomic E-state index is 9.15. The normalized spacial score (nSPS) is 9.63. The van der Waals surface area contributed by atoms with E-state index in [1.165, 1.54) is 18.3 Å². The van der Waals surface area contributed by atoms with Crippen molar-refractivity contribution in [1.82, 2.24) is 0 Å². The molecule has 0 saturated carbocycles. The van der Waals surface area contributed by atoms with Gasteiger partial charge in [-0.3, -0.25) is 4.79 Å². The Hall–Kier alpha value is -1.99. The number of hydrogen-bond donors (Lipinski definition) is 4. The van der Waals surface area contributed by atoms with Gasteiger partial charge < -0.3 is 21.7 Å². The molecule has 0 bridgehead atoms. The van der Waals surface area contributed by atoms with Crippen LogP contribution in [-0.2, 0) is 4.79 Å². The van der Waals surface area contributed by atoms with Gasteiger partial charge in [-0.15, -0.1) is 5.10 Å². The molecule has 0 atom stereocenters. The molecule has 1 rings (SSSR count). The van der Waals surface area contributed by atoms with E-state index in [1.807, 2.05) is 0 Å². The van der Waals surface area contributed by atoms with Crippen molar-refractivity contribution in [2.75, 3.05) is 0 Å². The summed E-state index contributed by atoms with van der Waals surface area (Å²) in [6.07, 6.45) is 1.30. The summed E-state index contributed by atoms with van der Waals surface area (Å²) in [7, 11) is 0. The van der Waals surface area contributed by atoms with Crippen LogP contribution in [0.1, 0.15) is 12.5 Å². The van der Waals surface area contributed by atoms with Crippen LogP contribution in [0.15, 0.2) is 22.3 Å². The summed E-state index contributed by atoms with van der Waals surface area (Å²) in [5.41, 5.74) is 10.6. The van der Waals surface area contributed by atoms with E-state index < -0.39 is 5.97 Å². The van der Waals surface area contributed by atoms with E-state index in [-0.39, 0.29) is 21.8 Å². The van der Waals surface area contributed by atoms with Gasteiger partial charge in [0.05, 0.1) is 16.3 Å². The fraction of sp³-hybridized carbons (Fsp3) is 0.100. The van der Waals surface area contributed by atoms with E-state index in [1.54, 1.807) is 0 Å². The summed E-state index contributed by atoms with van der Waals surface area (Å²) in [6.45, 7) is 1.08. The van der Waals surface area contributed by atoms with Gasteiger partial charge in [0.2, 0.25) is 5.96 Å². The van der Waals surface area contributed by atoms with Crippen molar-refractivity contribution in [3.63, 3.8) is 0 Å². The monoisotopic (exact) mass is 306 g/mol. The Kier molecular flexibility index (Phi) is 7.32. The number of aliphatic carboxylic acids is 1. The number of benzene rings is 1. The fourth-order valence-electron chi connectivity index (χ4n) is 0.848. The van der Waals surface area contributed by atoms with Gasteiger partial charge in [0, 0.05) is 12.5 Å². The molecular weight excluding hydrogens is 295 g/mol. The SMILES string of the molecule is CC(=O)O.NC(N)=N/N=C\c1c(Cl)cc(O)cc1Cl. The van der Waals surface area contributed by atoms with Gasteiger partial charge in [0.1, 0.15) is 5.75 Å². The lowest BCUT2D eigenvalue weighted by Gasteiger charge is -2.01. The third kappa shape index (κ3) is 7.85. The average molecular weight is 307 g/mol. The van der Waals surface area contributed by atoms with Gasteiger partial charge in [-0.1, -0.05) is 23.2 Å². The van der Waals surface area contributed by atoms with Crippen molar-refractivity contribution in [3.05, 3.63) is 27.7 Å². The van der Waals surface area contributed by atoms with Crippen molar-refractivity contribution in [1.29, 1.82) is 0 Å². The van der Waals surface area contributed by atoms with E-state index in [9.17, 15) is 0 Å². The first kappa shape index (κ1) is 17.0. The van der Waals surface area contributed by atoms with Gasteiger partial charge in [0.15, 0.2) is 0 Å². The third-order valence-electron chi connectivity index (χ3n) is 1.42. The second-order valence-electron chi connectivity index (χ2n) is 3.11. The molecule has 9 heteroatoms. The summed E-state index contributed by atoms with van der Waals surface area (Å²) >= 11 is 11.6. The van der Waals surface area contributed by atoms with Gasteiger partial charge in [-0.05, 0) is 12.1 Å². The summed E-state index contributed by atoms with van der Waals surface area (Å²) in [5, 5.41) is 24.0. The van der Waals surface area contributed by atoms with E-state index in [2.05, 4.69) is 10.2 Å². The molecule has 0 aliphatic carbocycles. The number of carboxylic acids is 1. The number of aromatic hydroxyl groups is 1. The first-order valence-corrected chi connectivity index (χ1v) is 5.49. The minimum atomic E-state index is -0.833. The molecule has 0 heterocycles. The second-order valence-corrected chi connectivity index (χ2v) is 3.93. The number of carboxylic acid groups (broad SMARTS) is 1. The molecule has 0 amide bonds. The largest absolute Gasteiger partial charge is 0.508 e. The van der Waals surface area contributed by atoms with E-state index in [4.69, 9.17) is 49.7 Å². The zero-order valence-corrected chi connectivity index (χ0v) is 11.4. The van der Waals surface area contributed by atoms with Crippen LogP contribution < -0.4 is 11.5 Å². The highest BCUT2D eigenvalue weighted by Crippen LogP contribution is 2.28. The molecule has 0 spiro atoms. The topological polar surface area (TPSA) is 134 Å². The molecule has 0 aromatic heterocycles. The summed E-state index contributed by atoms with van der Waals surface area (Å²) in [6, 6.07) is 2.68. The number of phenolic OH excluding ortho intramolecular Hbond substituents is 1. The van der Waals surface area contributed by atoms with Gasteiger partial charge >= 0.3 is 0 Å². The predicted octanol–water partition coefficient (Wildman–Crippen LogP) is 1.40. The van der Waals surface area contributed by atoms with E-state index in [0.29, 0.717) is 5.56 Å². The fourth-order valence-corrected chi connectivity index (χ4v) is 1.42. The molecule has 0 unspecified atom stereocenters. The Morgan fingerprint density at radius 2 is 1.74 bits per heavy atom. The Morgan fingerprint density at radius 1 is 1.32 bits per heavy atom. The van der Waals surface area contributed by atoms with Crippen molar-refractivity contribution in [2.24, 2.45) is 21.7 Å². The number of carbonyl (C=O) groups is 1. The van der Waals surface area contributed by atoms with Crippen LogP contribution in [0.25, 0.3) is 0 Å². The molecule has 0 saturated heterocycles. The van der Waals surface area contributed by atoms with Gasteiger partial charge in [-0.25, -0.2) is 0 Å². The summed E-state index contributed by atoms with van der Waals surface area (Å²) < 4.78 is 0. The number of halogens is 2. The Balaban J connectivity index is 0.000000711. The maximum atomic E-state index is 9.15. The minimum Gasteiger partial charge on any atom is -0.508 e. The molecule has 104 valence electrons. The van der Waals surface area contributed by atoms with Crippen LogP contribution in [0.3, 0.4) is 0 Å². The molecule has 1 aromatic rings. The zero-order chi connectivity index (χ0) is 15.0. The molecule has 0 aliphatic heterocycles. The first-order valence-electron chi connectivity index (χ1n) is 4.73. The minimum absolute atomic E-state index is 0.0241. The van der Waals surface area contributed by atoms with Crippen LogP contribution in [0.2, 0.25) is 10.0 Å². The molecule has 0 radical (unpaired) electrons. The maximum Gasteiger partial charge on any atom is 0.300 e. The van der Waals surface area contributed by atoms with Gasteiger partial charge in [0.25, 0.3) is 5.97 Å².